The summed E-state index contributed by atoms with van der Waals surface area (Å²) in [5.74, 6) is -1.09. The molecule has 15 heteroatoms. The summed E-state index contributed by atoms with van der Waals surface area (Å²) < 4.78 is 61.9. The predicted octanol–water partition coefficient (Wildman–Crippen LogP) is 4.02. The van der Waals surface area contributed by atoms with Crippen molar-refractivity contribution in [2.24, 2.45) is 0 Å². The number of H-pyrrole nitrogens is 1. The van der Waals surface area contributed by atoms with Crippen LogP contribution in [0.4, 0.5) is 34.0 Å². The van der Waals surface area contributed by atoms with Crippen molar-refractivity contribution >= 4 is 17.7 Å². The van der Waals surface area contributed by atoms with Crippen LogP contribution in [0.15, 0.2) is 6.20 Å². The van der Waals surface area contributed by atoms with Crippen LogP contribution in [-0.4, -0.2) is 98.6 Å². The van der Waals surface area contributed by atoms with E-state index in [0.717, 1.165) is 19.5 Å². The molecule has 2 aromatic heterocycles. The molecule has 0 spiro atoms. The topological polar surface area (TPSA) is 112 Å². The summed E-state index contributed by atoms with van der Waals surface area (Å²) in [6.45, 7) is 12.1. The molecule has 1 fully saturated rings. The maximum atomic E-state index is 14.4. The summed E-state index contributed by atoms with van der Waals surface area (Å²) in [5.41, 5.74) is 0.549. The van der Waals surface area contributed by atoms with Gasteiger partial charge in [0.1, 0.15) is 0 Å². The molecule has 0 radical (unpaired) electrons. The molecule has 0 bridgehead atoms. The first-order chi connectivity index (χ1) is 18.8. The molecule has 2 N–H and O–H groups in total. The predicted molar refractivity (Wildman–Crippen MR) is 138 cm³/mol. The van der Waals surface area contributed by atoms with Gasteiger partial charge in [0.25, 0.3) is 0 Å². The molecule has 2 aliphatic rings. The minimum absolute atomic E-state index is 0.00788. The van der Waals surface area contributed by atoms with E-state index in [1.54, 1.807) is 4.90 Å². The quantitative estimate of drug-likeness (QED) is 0.343. The molecular weight excluding hydrogens is 536 g/mol. The number of alkyl halides is 3. The van der Waals surface area contributed by atoms with Crippen LogP contribution >= 0.6 is 0 Å². The lowest BCUT2D eigenvalue weighted by atomic mass is 10.0. The van der Waals surface area contributed by atoms with Crippen molar-refractivity contribution in [2.75, 3.05) is 44.8 Å². The number of nitrogens with one attached hydrogen (secondary N) is 2. The maximum Gasteiger partial charge on any atom is 0.422 e. The molecule has 0 aromatic carbocycles. The first-order valence-electron chi connectivity index (χ1n) is 13.3. The standard InChI is InChI=1S/C25H36F4N8O3/c1-6-39-9-7-8-35-11-16(3)36(12-15(35)2)23(38)37-13-17-19(24(37,4)5)33-34-20(17)31-21-18(26)10-30-22(32-21)40-14-25(27,28)29/h10,15-16H,6-9,11-14H2,1-5H3,(H2,30,31,32,33,34)/t15-,16+/m1/s1. The third-order valence-corrected chi connectivity index (χ3v) is 7.32. The molecule has 4 heterocycles. The van der Waals surface area contributed by atoms with E-state index in [1.807, 2.05) is 32.6 Å². The smallest absolute Gasteiger partial charge is 0.422 e. The second-order valence-electron chi connectivity index (χ2n) is 10.6. The average molecular weight is 573 g/mol. The molecule has 40 heavy (non-hydrogen) atoms. The van der Waals surface area contributed by atoms with E-state index in [4.69, 9.17) is 4.74 Å². The number of urea groups is 1. The van der Waals surface area contributed by atoms with E-state index in [1.165, 1.54) is 0 Å². The summed E-state index contributed by atoms with van der Waals surface area (Å²) in [6.07, 6.45) is -2.95. The number of rotatable bonds is 9. The van der Waals surface area contributed by atoms with E-state index >= 15 is 0 Å². The summed E-state index contributed by atoms with van der Waals surface area (Å²) in [7, 11) is 0. The number of halogens is 4. The largest absolute Gasteiger partial charge is 0.454 e. The van der Waals surface area contributed by atoms with E-state index in [0.29, 0.717) is 37.2 Å². The Morgan fingerprint density at radius 2 is 1.98 bits per heavy atom. The van der Waals surface area contributed by atoms with Gasteiger partial charge in [0, 0.05) is 50.5 Å². The first-order valence-corrected chi connectivity index (χ1v) is 13.3. The number of carbonyl (C=O) groups is 1. The number of amides is 2. The van der Waals surface area contributed by atoms with Gasteiger partial charge in [-0.25, -0.2) is 14.2 Å². The Labute approximate surface area is 230 Å². The molecule has 0 aliphatic carbocycles. The van der Waals surface area contributed by atoms with Crippen molar-refractivity contribution in [3.05, 3.63) is 23.3 Å². The number of fused-ring (bicyclic) bond motifs is 1. The Hall–Kier alpha value is -3.20. The molecule has 0 saturated carbocycles. The molecule has 2 aromatic rings. The van der Waals surface area contributed by atoms with Crippen molar-refractivity contribution in [1.29, 1.82) is 0 Å². The van der Waals surface area contributed by atoms with Gasteiger partial charge in [-0.3, -0.25) is 10.00 Å². The monoisotopic (exact) mass is 572 g/mol. The van der Waals surface area contributed by atoms with Gasteiger partial charge in [-0.1, -0.05) is 0 Å². The van der Waals surface area contributed by atoms with Gasteiger partial charge >= 0.3 is 18.2 Å². The second-order valence-corrected chi connectivity index (χ2v) is 10.6. The molecule has 2 atom stereocenters. The van der Waals surface area contributed by atoms with E-state index in [-0.39, 0.29) is 30.5 Å². The number of aromatic nitrogens is 4. The van der Waals surface area contributed by atoms with E-state index in [9.17, 15) is 22.4 Å². The third-order valence-electron chi connectivity index (χ3n) is 7.32. The van der Waals surface area contributed by atoms with E-state index in [2.05, 4.69) is 42.0 Å². The lowest BCUT2D eigenvalue weighted by Gasteiger charge is -2.46. The number of ether oxygens (including phenoxy) is 2. The minimum atomic E-state index is -4.60. The SMILES string of the molecule is CCOCCCN1C[C@H](C)N(C(=O)N2Cc3c(Nc4nc(OCC(F)(F)F)ncc4F)n[nH]c3C2(C)C)C[C@H]1C. The van der Waals surface area contributed by atoms with Gasteiger partial charge < -0.3 is 24.6 Å². The molecule has 4 rings (SSSR count). The highest BCUT2D eigenvalue weighted by Crippen LogP contribution is 2.42. The zero-order valence-electron chi connectivity index (χ0n) is 23.3. The molecule has 1 saturated heterocycles. The summed E-state index contributed by atoms with van der Waals surface area (Å²) >= 11 is 0. The Kier molecular flexibility index (Phi) is 8.73. The number of carbonyl (C=O) groups excluding carboxylic acids is 1. The first kappa shape index (κ1) is 29.8. The van der Waals surface area contributed by atoms with Crippen molar-refractivity contribution in [2.45, 2.75) is 71.4 Å². The maximum absolute atomic E-state index is 14.4. The Balaban J connectivity index is 1.45. The third kappa shape index (κ3) is 6.40. The van der Waals surface area contributed by atoms with Crippen LogP contribution in [0.1, 0.15) is 52.3 Å². The zero-order valence-corrected chi connectivity index (χ0v) is 23.3. The average Bonchev–Trinajstić information content (AvgIpc) is 3.40. The van der Waals surface area contributed by atoms with Crippen molar-refractivity contribution in [1.82, 2.24) is 34.9 Å². The Morgan fingerprint density at radius 3 is 2.67 bits per heavy atom. The van der Waals surface area contributed by atoms with Crippen molar-refractivity contribution < 1.29 is 31.8 Å². The minimum Gasteiger partial charge on any atom is -0.454 e. The van der Waals surface area contributed by atoms with Gasteiger partial charge in [-0.15, -0.1) is 0 Å². The number of hydrogen-bond donors (Lipinski definition) is 2. The summed E-state index contributed by atoms with van der Waals surface area (Å²) in [4.78, 5) is 27.0. The Bertz CT molecular complexity index is 1190. The molecule has 2 amide bonds. The van der Waals surface area contributed by atoms with Gasteiger partial charge in [0.2, 0.25) is 0 Å². The fraction of sp³-hybridized carbons (Fsp3) is 0.680. The fourth-order valence-corrected chi connectivity index (χ4v) is 5.14. The van der Waals surface area contributed by atoms with Gasteiger partial charge in [-0.2, -0.15) is 23.3 Å². The second kappa shape index (κ2) is 11.7. The van der Waals surface area contributed by atoms with Crippen LogP contribution in [0.5, 0.6) is 6.01 Å². The van der Waals surface area contributed by atoms with Crippen LogP contribution in [0.3, 0.4) is 0 Å². The van der Waals surface area contributed by atoms with Crippen LogP contribution in [0.2, 0.25) is 0 Å². The van der Waals surface area contributed by atoms with E-state index < -0.39 is 36.0 Å². The Morgan fingerprint density at radius 1 is 1.23 bits per heavy atom. The number of nitrogens with zero attached hydrogens (tertiary/aromatic N) is 6. The molecule has 2 aliphatic heterocycles. The summed E-state index contributed by atoms with van der Waals surface area (Å²) in [6, 6.07) is -0.583. The van der Waals surface area contributed by atoms with Crippen LogP contribution in [0, 0.1) is 5.82 Å². The number of hydrogen-bond acceptors (Lipinski definition) is 8. The van der Waals surface area contributed by atoms with Gasteiger partial charge in [0.15, 0.2) is 24.1 Å². The molecule has 11 nitrogen and oxygen atoms in total. The fourth-order valence-electron chi connectivity index (χ4n) is 5.14. The number of aromatic amines is 1. The number of anilines is 2. The highest BCUT2D eigenvalue weighted by molar-refractivity contribution is 5.78. The van der Waals surface area contributed by atoms with Crippen LogP contribution in [-0.2, 0) is 16.8 Å². The van der Waals surface area contributed by atoms with Crippen molar-refractivity contribution in [3.63, 3.8) is 0 Å². The molecule has 222 valence electrons. The zero-order chi connectivity index (χ0) is 29.2. The molecule has 0 unspecified atom stereocenters. The molecular formula is C25H36F4N8O3. The lowest BCUT2D eigenvalue weighted by Crippen LogP contribution is -2.61. The highest BCUT2D eigenvalue weighted by Gasteiger charge is 2.46. The van der Waals surface area contributed by atoms with Gasteiger partial charge in [0.05, 0.1) is 24.0 Å². The normalized spacial score (nSPS) is 21.0. The van der Waals surface area contributed by atoms with Crippen LogP contribution in [0.25, 0.3) is 0 Å². The van der Waals surface area contributed by atoms with Gasteiger partial charge in [-0.05, 0) is 41.0 Å². The van der Waals surface area contributed by atoms with Crippen molar-refractivity contribution in [3.8, 4) is 6.01 Å². The summed E-state index contributed by atoms with van der Waals surface area (Å²) in [5, 5.41) is 9.87. The van der Waals surface area contributed by atoms with Crippen LogP contribution < -0.4 is 10.1 Å². The lowest BCUT2D eigenvalue weighted by molar-refractivity contribution is -0.154. The number of piperazine rings is 1. The highest BCUT2D eigenvalue weighted by atomic mass is 19.4.